The van der Waals surface area contributed by atoms with Crippen LogP contribution in [0.3, 0.4) is 0 Å². The normalized spacial score (nSPS) is 13.1. The zero-order chi connectivity index (χ0) is 10.6. The van der Waals surface area contributed by atoms with Gasteiger partial charge in [-0.25, -0.2) is 0 Å². The zero-order valence-corrected chi connectivity index (χ0v) is 9.67. The van der Waals surface area contributed by atoms with Crippen molar-refractivity contribution in [3.63, 3.8) is 0 Å². The van der Waals surface area contributed by atoms with E-state index in [0.717, 1.165) is 13.0 Å². The highest BCUT2D eigenvalue weighted by atomic mass is 15.3. The Morgan fingerprint density at radius 2 is 2.21 bits per heavy atom. The van der Waals surface area contributed by atoms with Crippen LogP contribution in [0, 0.1) is 0 Å². The standard InChI is InChI=1S/C11H21N3/c1-5-9(3)12-8-11-7-10(6-2)13-14(11)4/h7,9,12H,5-6,8H2,1-4H3. The summed E-state index contributed by atoms with van der Waals surface area (Å²) < 4.78 is 1.97. The summed E-state index contributed by atoms with van der Waals surface area (Å²) >= 11 is 0. The molecule has 1 rings (SSSR count). The molecule has 0 saturated carbocycles. The lowest BCUT2D eigenvalue weighted by Gasteiger charge is -2.10. The van der Waals surface area contributed by atoms with E-state index in [0.29, 0.717) is 6.04 Å². The van der Waals surface area contributed by atoms with E-state index in [-0.39, 0.29) is 0 Å². The summed E-state index contributed by atoms with van der Waals surface area (Å²) in [6, 6.07) is 2.75. The van der Waals surface area contributed by atoms with Crippen LogP contribution in [0.15, 0.2) is 6.07 Å². The van der Waals surface area contributed by atoms with Crippen molar-refractivity contribution in [2.75, 3.05) is 0 Å². The van der Waals surface area contributed by atoms with Crippen molar-refractivity contribution in [2.45, 2.75) is 46.2 Å². The van der Waals surface area contributed by atoms with E-state index in [2.05, 4.69) is 37.3 Å². The van der Waals surface area contributed by atoms with Gasteiger partial charge in [-0.3, -0.25) is 4.68 Å². The minimum Gasteiger partial charge on any atom is -0.309 e. The van der Waals surface area contributed by atoms with Crippen LogP contribution in [-0.4, -0.2) is 15.8 Å². The Hall–Kier alpha value is -0.830. The highest BCUT2D eigenvalue weighted by Gasteiger charge is 2.04. The summed E-state index contributed by atoms with van der Waals surface area (Å²) in [4.78, 5) is 0. The average molecular weight is 195 g/mol. The molecule has 0 aliphatic heterocycles. The third-order valence-corrected chi connectivity index (χ3v) is 2.63. The molecule has 0 saturated heterocycles. The van der Waals surface area contributed by atoms with Gasteiger partial charge in [0.2, 0.25) is 0 Å². The fraction of sp³-hybridized carbons (Fsp3) is 0.727. The molecule has 1 aromatic heterocycles. The molecule has 1 aromatic rings. The molecule has 1 unspecified atom stereocenters. The minimum atomic E-state index is 0.579. The number of hydrogen-bond acceptors (Lipinski definition) is 2. The molecule has 0 aromatic carbocycles. The molecule has 0 spiro atoms. The maximum atomic E-state index is 4.41. The predicted molar refractivity (Wildman–Crippen MR) is 59.2 cm³/mol. The lowest BCUT2D eigenvalue weighted by molar-refractivity contribution is 0.516. The molecule has 0 bridgehead atoms. The topological polar surface area (TPSA) is 29.9 Å². The van der Waals surface area contributed by atoms with Crippen LogP contribution in [0.1, 0.15) is 38.6 Å². The molecule has 80 valence electrons. The van der Waals surface area contributed by atoms with Gasteiger partial charge in [-0.05, 0) is 25.8 Å². The van der Waals surface area contributed by atoms with Gasteiger partial charge < -0.3 is 5.32 Å². The first kappa shape index (κ1) is 11.2. The molecule has 14 heavy (non-hydrogen) atoms. The number of nitrogens with zero attached hydrogens (tertiary/aromatic N) is 2. The van der Waals surface area contributed by atoms with Gasteiger partial charge in [0.05, 0.1) is 11.4 Å². The Balaban J connectivity index is 2.53. The van der Waals surface area contributed by atoms with Crippen molar-refractivity contribution in [1.29, 1.82) is 0 Å². The van der Waals surface area contributed by atoms with Crippen molar-refractivity contribution in [1.82, 2.24) is 15.1 Å². The van der Waals surface area contributed by atoms with E-state index in [4.69, 9.17) is 0 Å². The SMILES string of the molecule is CCc1cc(CNC(C)CC)n(C)n1. The Labute approximate surface area is 86.5 Å². The molecule has 0 aliphatic carbocycles. The molecule has 0 fully saturated rings. The average Bonchev–Trinajstić information content (AvgIpc) is 2.55. The third-order valence-electron chi connectivity index (χ3n) is 2.63. The second-order valence-electron chi connectivity index (χ2n) is 3.79. The number of hydrogen-bond donors (Lipinski definition) is 1. The van der Waals surface area contributed by atoms with Gasteiger partial charge in [-0.1, -0.05) is 13.8 Å². The van der Waals surface area contributed by atoms with Crippen molar-refractivity contribution >= 4 is 0 Å². The molecule has 0 radical (unpaired) electrons. The van der Waals surface area contributed by atoms with Gasteiger partial charge in [0.1, 0.15) is 0 Å². The lowest BCUT2D eigenvalue weighted by atomic mass is 10.2. The van der Waals surface area contributed by atoms with Crippen LogP contribution in [-0.2, 0) is 20.0 Å². The van der Waals surface area contributed by atoms with Crippen molar-refractivity contribution < 1.29 is 0 Å². The van der Waals surface area contributed by atoms with Crippen LogP contribution in [0.25, 0.3) is 0 Å². The smallest absolute Gasteiger partial charge is 0.0625 e. The van der Waals surface area contributed by atoms with Crippen LogP contribution in [0.5, 0.6) is 0 Å². The molecule has 0 amide bonds. The number of nitrogens with one attached hydrogen (secondary N) is 1. The second kappa shape index (κ2) is 5.15. The summed E-state index contributed by atoms with van der Waals surface area (Å²) in [5.41, 5.74) is 2.44. The summed E-state index contributed by atoms with van der Waals surface area (Å²) in [7, 11) is 2.01. The molecule has 0 aliphatic rings. The molecule has 1 heterocycles. The Bertz CT molecular complexity index is 278. The Morgan fingerprint density at radius 1 is 1.50 bits per heavy atom. The summed E-state index contributed by atoms with van der Waals surface area (Å²) in [5.74, 6) is 0. The number of aryl methyl sites for hydroxylation is 2. The highest BCUT2D eigenvalue weighted by molar-refractivity contribution is 5.09. The number of rotatable bonds is 5. The van der Waals surface area contributed by atoms with E-state index in [1.54, 1.807) is 0 Å². The predicted octanol–water partition coefficient (Wildman–Crippen LogP) is 1.87. The summed E-state index contributed by atoms with van der Waals surface area (Å²) in [6.07, 6.45) is 2.18. The molecule has 1 atom stereocenters. The van der Waals surface area contributed by atoms with E-state index >= 15 is 0 Å². The second-order valence-corrected chi connectivity index (χ2v) is 3.79. The van der Waals surface area contributed by atoms with Gasteiger partial charge in [-0.15, -0.1) is 0 Å². The fourth-order valence-electron chi connectivity index (χ4n) is 1.33. The van der Waals surface area contributed by atoms with Gasteiger partial charge in [0, 0.05) is 19.6 Å². The van der Waals surface area contributed by atoms with Gasteiger partial charge in [0.15, 0.2) is 0 Å². The van der Waals surface area contributed by atoms with E-state index < -0.39 is 0 Å². The minimum absolute atomic E-state index is 0.579. The molecule has 3 nitrogen and oxygen atoms in total. The van der Waals surface area contributed by atoms with Gasteiger partial charge in [0.25, 0.3) is 0 Å². The zero-order valence-electron chi connectivity index (χ0n) is 9.67. The fourth-order valence-corrected chi connectivity index (χ4v) is 1.33. The van der Waals surface area contributed by atoms with E-state index in [1.807, 2.05) is 11.7 Å². The summed E-state index contributed by atoms with van der Waals surface area (Å²) in [5, 5.41) is 7.88. The van der Waals surface area contributed by atoms with Crippen LogP contribution in [0.2, 0.25) is 0 Å². The lowest BCUT2D eigenvalue weighted by Crippen LogP contribution is -2.25. The number of aromatic nitrogens is 2. The van der Waals surface area contributed by atoms with Crippen molar-refractivity contribution in [3.8, 4) is 0 Å². The maximum absolute atomic E-state index is 4.41. The highest BCUT2D eigenvalue weighted by Crippen LogP contribution is 2.04. The Kier molecular flexibility index (Phi) is 4.14. The van der Waals surface area contributed by atoms with Crippen LogP contribution < -0.4 is 5.32 Å². The van der Waals surface area contributed by atoms with Gasteiger partial charge >= 0.3 is 0 Å². The summed E-state index contributed by atoms with van der Waals surface area (Å²) in [6.45, 7) is 7.45. The Morgan fingerprint density at radius 3 is 2.71 bits per heavy atom. The van der Waals surface area contributed by atoms with Crippen molar-refractivity contribution in [2.24, 2.45) is 7.05 Å². The first-order valence-electron chi connectivity index (χ1n) is 5.42. The first-order valence-corrected chi connectivity index (χ1v) is 5.42. The van der Waals surface area contributed by atoms with E-state index in [9.17, 15) is 0 Å². The molecular weight excluding hydrogens is 174 g/mol. The van der Waals surface area contributed by atoms with Crippen LogP contribution >= 0.6 is 0 Å². The van der Waals surface area contributed by atoms with Crippen molar-refractivity contribution in [3.05, 3.63) is 17.5 Å². The molecule has 1 N–H and O–H groups in total. The molecule has 3 heteroatoms. The monoisotopic (exact) mass is 195 g/mol. The maximum Gasteiger partial charge on any atom is 0.0625 e. The van der Waals surface area contributed by atoms with Crippen LogP contribution in [0.4, 0.5) is 0 Å². The molecular formula is C11H21N3. The van der Waals surface area contributed by atoms with E-state index in [1.165, 1.54) is 17.8 Å². The van der Waals surface area contributed by atoms with Gasteiger partial charge in [-0.2, -0.15) is 5.10 Å². The third kappa shape index (κ3) is 2.84. The largest absolute Gasteiger partial charge is 0.309 e. The first-order chi connectivity index (χ1) is 6.67. The quantitative estimate of drug-likeness (QED) is 0.777.